The van der Waals surface area contributed by atoms with Crippen LogP contribution in [0.1, 0.15) is 5.56 Å². The van der Waals surface area contributed by atoms with Crippen LogP contribution in [0.25, 0.3) is 0 Å². The Labute approximate surface area is 95.1 Å². The van der Waals surface area contributed by atoms with Crippen LogP contribution in [0.4, 0.5) is 0 Å². The third-order valence-electron chi connectivity index (χ3n) is 1.50. The van der Waals surface area contributed by atoms with E-state index in [2.05, 4.69) is 38.4 Å². The van der Waals surface area contributed by atoms with E-state index in [0.717, 1.165) is 14.5 Å². The van der Waals surface area contributed by atoms with Gasteiger partial charge in [0.15, 0.2) is 0 Å². The van der Waals surface area contributed by atoms with Crippen molar-refractivity contribution >= 4 is 31.9 Å². The van der Waals surface area contributed by atoms with E-state index in [1.54, 1.807) is 6.08 Å². The molecule has 0 saturated carbocycles. The molecule has 0 atom stereocenters. The van der Waals surface area contributed by atoms with Gasteiger partial charge in [-0.1, -0.05) is 37.9 Å². The van der Waals surface area contributed by atoms with Crippen LogP contribution in [-0.4, -0.2) is 6.61 Å². The maximum atomic E-state index is 5.34. The number of halogens is 2. The first-order valence-corrected chi connectivity index (χ1v) is 5.45. The van der Waals surface area contributed by atoms with Crippen LogP contribution in [-0.2, 0) is 11.3 Å². The summed E-state index contributed by atoms with van der Waals surface area (Å²) in [6.07, 6.45) is 1.74. The lowest BCUT2D eigenvalue weighted by molar-refractivity contribution is 0.148. The van der Waals surface area contributed by atoms with Crippen LogP contribution < -0.4 is 0 Å². The summed E-state index contributed by atoms with van der Waals surface area (Å²) in [7, 11) is 0. The first-order valence-electron chi connectivity index (χ1n) is 3.86. The summed E-state index contributed by atoms with van der Waals surface area (Å²) in [5.41, 5.74) is 1.14. The molecule has 1 aromatic carbocycles. The summed E-state index contributed by atoms with van der Waals surface area (Å²) in [4.78, 5) is 0. The Hall–Kier alpha value is -0.120. The Morgan fingerprint density at radius 1 is 1.38 bits per heavy atom. The first kappa shape index (κ1) is 11.0. The van der Waals surface area contributed by atoms with Gasteiger partial charge in [-0.2, -0.15) is 0 Å². The second-order valence-corrected chi connectivity index (χ2v) is 4.31. The van der Waals surface area contributed by atoms with Gasteiger partial charge in [-0.3, -0.25) is 0 Å². The van der Waals surface area contributed by atoms with Gasteiger partial charge in [0, 0.05) is 8.95 Å². The molecule has 70 valence electrons. The van der Waals surface area contributed by atoms with Gasteiger partial charge in [0.05, 0.1) is 13.2 Å². The third-order valence-corrected chi connectivity index (χ3v) is 2.77. The Morgan fingerprint density at radius 3 is 2.85 bits per heavy atom. The second kappa shape index (κ2) is 5.58. The molecule has 1 nitrogen and oxygen atoms in total. The van der Waals surface area contributed by atoms with Gasteiger partial charge in [-0.15, -0.1) is 6.58 Å². The summed E-state index contributed by atoms with van der Waals surface area (Å²) in [5, 5.41) is 0. The SMILES string of the molecule is C=CCOCc1cc(Br)ccc1Br. The van der Waals surface area contributed by atoms with Crippen LogP contribution in [0.15, 0.2) is 39.8 Å². The highest BCUT2D eigenvalue weighted by Gasteiger charge is 1.99. The lowest BCUT2D eigenvalue weighted by Crippen LogP contribution is -1.93. The molecule has 0 N–H and O–H groups in total. The fraction of sp³-hybridized carbons (Fsp3) is 0.200. The van der Waals surface area contributed by atoms with Crippen molar-refractivity contribution in [2.45, 2.75) is 6.61 Å². The van der Waals surface area contributed by atoms with E-state index in [1.807, 2.05) is 18.2 Å². The molecule has 0 saturated heterocycles. The Bertz CT molecular complexity index is 297. The summed E-state index contributed by atoms with van der Waals surface area (Å²) in [6.45, 7) is 4.77. The molecule has 0 aliphatic rings. The molecule has 3 heteroatoms. The zero-order valence-corrected chi connectivity index (χ0v) is 10.3. The van der Waals surface area contributed by atoms with Crippen LogP contribution in [0.3, 0.4) is 0 Å². The molecule has 0 aliphatic heterocycles. The maximum Gasteiger partial charge on any atom is 0.0732 e. The van der Waals surface area contributed by atoms with Crippen molar-refractivity contribution in [3.05, 3.63) is 45.4 Å². The minimum atomic E-state index is 0.582. The molecule has 1 rings (SSSR count). The second-order valence-electron chi connectivity index (χ2n) is 2.54. The molecular formula is C10H10Br2O. The van der Waals surface area contributed by atoms with Gasteiger partial charge in [0.1, 0.15) is 0 Å². The lowest BCUT2D eigenvalue weighted by atomic mass is 10.2. The molecule has 0 aliphatic carbocycles. The van der Waals surface area contributed by atoms with Gasteiger partial charge in [-0.25, -0.2) is 0 Å². The summed E-state index contributed by atoms with van der Waals surface area (Å²) in [5.74, 6) is 0. The summed E-state index contributed by atoms with van der Waals surface area (Å²) >= 11 is 6.86. The van der Waals surface area contributed by atoms with Gasteiger partial charge in [0.2, 0.25) is 0 Å². The van der Waals surface area contributed by atoms with E-state index < -0.39 is 0 Å². The molecular weight excluding hydrogens is 296 g/mol. The van der Waals surface area contributed by atoms with Crippen LogP contribution in [0, 0.1) is 0 Å². The monoisotopic (exact) mass is 304 g/mol. The van der Waals surface area contributed by atoms with Crippen LogP contribution in [0.2, 0.25) is 0 Å². The average Bonchev–Trinajstić information content (AvgIpc) is 2.11. The topological polar surface area (TPSA) is 9.23 Å². The Kier molecular flexibility index (Phi) is 4.70. The number of hydrogen-bond donors (Lipinski definition) is 0. The van der Waals surface area contributed by atoms with E-state index in [9.17, 15) is 0 Å². The quantitative estimate of drug-likeness (QED) is 0.605. The van der Waals surface area contributed by atoms with E-state index in [4.69, 9.17) is 4.74 Å². The van der Waals surface area contributed by atoms with Crippen molar-refractivity contribution in [3.63, 3.8) is 0 Å². The van der Waals surface area contributed by atoms with Crippen molar-refractivity contribution in [1.82, 2.24) is 0 Å². The van der Waals surface area contributed by atoms with Crippen molar-refractivity contribution in [3.8, 4) is 0 Å². The number of hydrogen-bond acceptors (Lipinski definition) is 1. The smallest absolute Gasteiger partial charge is 0.0732 e. The normalized spacial score (nSPS) is 10.0. The Balaban J connectivity index is 2.64. The molecule has 0 heterocycles. The zero-order chi connectivity index (χ0) is 9.68. The van der Waals surface area contributed by atoms with Crippen molar-refractivity contribution in [1.29, 1.82) is 0 Å². The van der Waals surface area contributed by atoms with Gasteiger partial charge in [0.25, 0.3) is 0 Å². The van der Waals surface area contributed by atoms with Crippen LogP contribution >= 0.6 is 31.9 Å². The summed E-state index contributed by atoms with van der Waals surface area (Å²) in [6, 6.07) is 6.02. The van der Waals surface area contributed by atoms with Crippen molar-refractivity contribution in [2.24, 2.45) is 0 Å². The third kappa shape index (κ3) is 3.63. The zero-order valence-electron chi connectivity index (χ0n) is 7.09. The fourth-order valence-electron chi connectivity index (χ4n) is 0.906. The molecule has 0 radical (unpaired) electrons. The number of ether oxygens (including phenoxy) is 1. The lowest BCUT2D eigenvalue weighted by Gasteiger charge is -2.04. The van der Waals surface area contributed by atoms with Gasteiger partial charge in [-0.05, 0) is 23.8 Å². The highest BCUT2D eigenvalue weighted by atomic mass is 79.9. The first-order chi connectivity index (χ1) is 6.24. The average molecular weight is 306 g/mol. The van der Waals surface area contributed by atoms with E-state index in [0.29, 0.717) is 13.2 Å². The number of rotatable bonds is 4. The minimum absolute atomic E-state index is 0.582. The highest BCUT2D eigenvalue weighted by molar-refractivity contribution is 9.11. The fourth-order valence-corrected chi connectivity index (χ4v) is 1.68. The molecule has 0 amide bonds. The largest absolute Gasteiger partial charge is 0.373 e. The predicted molar refractivity (Wildman–Crippen MR) is 61.7 cm³/mol. The maximum absolute atomic E-state index is 5.34. The van der Waals surface area contributed by atoms with E-state index >= 15 is 0 Å². The minimum Gasteiger partial charge on any atom is -0.373 e. The molecule has 0 fully saturated rings. The van der Waals surface area contributed by atoms with Crippen LogP contribution in [0.5, 0.6) is 0 Å². The molecule has 13 heavy (non-hydrogen) atoms. The van der Waals surface area contributed by atoms with Gasteiger partial charge >= 0.3 is 0 Å². The van der Waals surface area contributed by atoms with E-state index in [1.165, 1.54) is 0 Å². The Morgan fingerprint density at radius 2 is 2.15 bits per heavy atom. The van der Waals surface area contributed by atoms with E-state index in [-0.39, 0.29) is 0 Å². The number of benzene rings is 1. The molecule has 0 unspecified atom stereocenters. The highest BCUT2D eigenvalue weighted by Crippen LogP contribution is 2.22. The molecule has 0 bridgehead atoms. The van der Waals surface area contributed by atoms with Crippen molar-refractivity contribution in [2.75, 3.05) is 6.61 Å². The molecule has 0 aromatic heterocycles. The predicted octanol–water partition coefficient (Wildman–Crippen LogP) is 3.91. The summed E-state index contributed by atoms with van der Waals surface area (Å²) < 4.78 is 7.47. The molecule has 1 aromatic rings. The van der Waals surface area contributed by atoms with Crippen molar-refractivity contribution < 1.29 is 4.74 Å². The van der Waals surface area contributed by atoms with Gasteiger partial charge < -0.3 is 4.74 Å². The molecule has 0 spiro atoms. The standard InChI is InChI=1S/C10H10Br2O/c1-2-5-13-7-8-6-9(11)3-4-10(8)12/h2-4,6H,1,5,7H2.